The van der Waals surface area contributed by atoms with Crippen LogP contribution in [0.15, 0.2) is 48.5 Å². The van der Waals surface area contributed by atoms with Crippen molar-refractivity contribution in [3.05, 3.63) is 59.7 Å². The lowest BCUT2D eigenvalue weighted by molar-refractivity contribution is -0.137. The maximum Gasteiger partial charge on any atom is 0.416 e. The van der Waals surface area contributed by atoms with Crippen molar-refractivity contribution in [1.29, 1.82) is 0 Å². The van der Waals surface area contributed by atoms with Gasteiger partial charge in [0.2, 0.25) is 5.91 Å². The Morgan fingerprint density at radius 3 is 2.46 bits per heavy atom. The van der Waals surface area contributed by atoms with E-state index in [1.165, 1.54) is 6.07 Å². The summed E-state index contributed by atoms with van der Waals surface area (Å²) in [6.07, 6.45) is -2.64. The molecule has 1 amide bonds. The Hall–Kier alpha value is -2.90. The van der Waals surface area contributed by atoms with Gasteiger partial charge in [0.1, 0.15) is 5.52 Å². The van der Waals surface area contributed by atoms with E-state index in [0.29, 0.717) is 37.9 Å². The van der Waals surface area contributed by atoms with Gasteiger partial charge in [0.05, 0.1) is 23.5 Å². The number of halogens is 3. The van der Waals surface area contributed by atoms with Crippen molar-refractivity contribution in [1.82, 2.24) is 19.9 Å². The number of rotatable bonds is 3. The third-order valence-corrected chi connectivity index (χ3v) is 5.16. The molecule has 1 saturated heterocycles. The minimum atomic E-state index is -4.40. The third-order valence-electron chi connectivity index (χ3n) is 5.16. The lowest BCUT2D eigenvalue weighted by Gasteiger charge is -2.32. The van der Waals surface area contributed by atoms with Crippen LogP contribution in [0.1, 0.15) is 30.0 Å². The number of hydrogen-bond acceptors (Lipinski definition) is 3. The maximum atomic E-state index is 12.9. The van der Waals surface area contributed by atoms with E-state index in [1.807, 2.05) is 35.2 Å². The van der Waals surface area contributed by atoms with Crippen molar-refractivity contribution in [3.8, 4) is 0 Å². The van der Waals surface area contributed by atoms with Crippen molar-refractivity contribution in [3.63, 3.8) is 0 Å². The fourth-order valence-electron chi connectivity index (χ4n) is 3.63. The summed E-state index contributed by atoms with van der Waals surface area (Å²) in [5, 5.41) is 7.99. The molecule has 0 N–H and O–H groups in total. The number of hydrogen-bond donors (Lipinski definition) is 0. The van der Waals surface area contributed by atoms with Crippen molar-refractivity contribution in [2.45, 2.75) is 31.5 Å². The number of carbonyl (C=O) groups is 1. The predicted octanol–water partition coefficient (Wildman–Crippen LogP) is 3.86. The van der Waals surface area contributed by atoms with Gasteiger partial charge >= 0.3 is 6.18 Å². The Kier molecular flexibility index (Phi) is 4.78. The van der Waals surface area contributed by atoms with Crippen LogP contribution < -0.4 is 0 Å². The van der Waals surface area contributed by atoms with Gasteiger partial charge in [0.25, 0.3) is 0 Å². The Bertz CT molecular complexity index is 976. The fourth-order valence-corrected chi connectivity index (χ4v) is 3.63. The van der Waals surface area contributed by atoms with Gasteiger partial charge in [0, 0.05) is 13.1 Å². The third kappa shape index (κ3) is 3.72. The van der Waals surface area contributed by atoms with Crippen molar-refractivity contribution < 1.29 is 18.0 Å². The molecule has 1 aliphatic heterocycles. The molecular formula is C20H19F3N4O. The van der Waals surface area contributed by atoms with Crippen molar-refractivity contribution >= 4 is 16.9 Å². The SMILES string of the molecule is O=C(Cc1ccccc1)N1CCC(n2nnc3cc(C(F)(F)F)ccc32)CC1. The molecule has 0 atom stereocenters. The molecule has 0 radical (unpaired) electrons. The summed E-state index contributed by atoms with van der Waals surface area (Å²) in [5.41, 5.74) is 1.07. The van der Waals surface area contributed by atoms with Gasteiger partial charge in [0.15, 0.2) is 0 Å². The zero-order valence-corrected chi connectivity index (χ0v) is 15.1. The second-order valence-electron chi connectivity index (χ2n) is 7.01. The molecule has 1 aliphatic rings. The first-order chi connectivity index (χ1) is 13.4. The molecule has 0 saturated carbocycles. The highest BCUT2D eigenvalue weighted by molar-refractivity contribution is 5.79. The van der Waals surface area contributed by atoms with Crippen LogP contribution in [0.2, 0.25) is 0 Å². The second kappa shape index (κ2) is 7.26. The molecule has 2 heterocycles. The number of amides is 1. The number of benzene rings is 2. The van der Waals surface area contributed by atoms with E-state index in [4.69, 9.17) is 0 Å². The molecule has 4 rings (SSSR count). The maximum absolute atomic E-state index is 12.9. The van der Waals surface area contributed by atoms with E-state index in [1.54, 1.807) is 4.68 Å². The van der Waals surface area contributed by atoms with Gasteiger partial charge in [-0.2, -0.15) is 13.2 Å². The summed E-state index contributed by atoms with van der Waals surface area (Å²) < 4.78 is 40.3. The molecule has 5 nitrogen and oxygen atoms in total. The molecule has 1 fully saturated rings. The van der Waals surface area contributed by atoms with Gasteiger partial charge in [-0.05, 0) is 36.6 Å². The zero-order valence-electron chi connectivity index (χ0n) is 15.1. The molecule has 0 spiro atoms. The summed E-state index contributed by atoms with van der Waals surface area (Å²) in [5.74, 6) is 0.0860. The number of nitrogens with zero attached hydrogens (tertiary/aromatic N) is 4. The first-order valence-corrected chi connectivity index (χ1v) is 9.15. The Labute approximate surface area is 159 Å². The van der Waals surface area contributed by atoms with E-state index in [9.17, 15) is 18.0 Å². The molecule has 1 aromatic heterocycles. The zero-order chi connectivity index (χ0) is 19.7. The Morgan fingerprint density at radius 1 is 1.07 bits per heavy atom. The summed E-state index contributed by atoms with van der Waals surface area (Å²) in [6, 6.07) is 13.1. The van der Waals surface area contributed by atoms with Crippen LogP contribution in [0.4, 0.5) is 13.2 Å². The highest BCUT2D eigenvalue weighted by atomic mass is 19.4. The summed E-state index contributed by atoms with van der Waals surface area (Å²) in [6.45, 7) is 1.19. The molecule has 8 heteroatoms. The van der Waals surface area contributed by atoms with Crippen LogP contribution in [0.3, 0.4) is 0 Å². The average Bonchev–Trinajstić information content (AvgIpc) is 3.11. The van der Waals surface area contributed by atoms with Crippen LogP contribution in [0, 0.1) is 0 Å². The van der Waals surface area contributed by atoms with E-state index in [2.05, 4.69) is 10.3 Å². The molecule has 2 aromatic carbocycles. The van der Waals surface area contributed by atoms with Crippen LogP contribution in [0.5, 0.6) is 0 Å². The molecule has 0 aliphatic carbocycles. The Balaban J connectivity index is 1.43. The molecular weight excluding hydrogens is 369 g/mol. The summed E-state index contributed by atoms with van der Waals surface area (Å²) >= 11 is 0. The number of piperidine rings is 1. The van der Waals surface area contributed by atoms with Crippen LogP contribution in [0.25, 0.3) is 11.0 Å². The lowest BCUT2D eigenvalue weighted by Crippen LogP contribution is -2.40. The number of carbonyl (C=O) groups excluding carboxylic acids is 1. The molecule has 146 valence electrons. The fraction of sp³-hybridized carbons (Fsp3) is 0.350. The van der Waals surface area contributed by atoms with Gasteiger partial charge in [-0.25, -0.2) is 4.68 Å². The van der Waals surface area contributed by atoms with E-state index in [0.717, 1.165) is 17.7 Å². The minimum absolute atomic E-state index is 0.0162. The number of aromatic nitrogens is 3. The summed E-state index contributed by atoms with van der Waals surface area (Å²) in [4.78, 5) is 14.3. The number of likely N-dealkylation sites (tertiary alicyclic amines) is 1. The largest absolute Gasteiger partial charge is 0.416 e. The van der Waals surface area contributed by atoms with Crippen LogP contribution >= 0.6 is 0 Å². The molecule has 0 unspecified atom stereocenters. The Morgan fingerprint density at radius 2 is 1.79 bits per heavy atom. The second-order valence-corrected chi connectivity index (χ2v) is 7.01. The van der Waals surface area contributed by atoms with E-state index >= 15 is 0 Å². The first-order valence-electron chi connectivity index (χ1n) is 9.15. The predicted molar refractivity (Wildman–Crippen MR) is 97.5 cm³/mol. The van der Waals surface area contributed by atoms with E-state index in [-0.39, 0.29) is 17.5 Å². The topological polar surface area (TPSA) is 51.0 Å². The monoisotopic (exact) mass is 388 g/mol. The van der Waals surface area contributed by atoms with Crippen molar-refractivity contribution in [2.75, 3.05) is 13.1 Å². The first kappa shape index (κ1) is 18.5. The van der Waals surface area contributed by atoms with E-state index < -0.39 is 11.7 Å². The normalized spacial score (nSPS) is 15.9. The quantitative estimate of drug-likeness (QED) is 0.685. The molecule has 3 aromatic rings. The van der Waals surface area contributed by atoms with Gasteiger partial charge < -0.3 is 4.90 Å². The summed E-state index contributed by atoms with van der Waals surface area (Å²) in [7, 11) is 0. The molecule has 0 bridgehead atoms. The smallest absolute Gasteiger partial charge is 0.342 e. The average molecular weight is 388 g/mol. The van der Waals surface area contributed by atoms with Crippen molar-refractivity contribution in [2.24, 2.45) is 0 Å². The standard InChI is InChI=1S/C20H19F3N4O/c21-20(22,23)15-6-7-18-17(13-15)24-25-27(18)16-8-10-26(11-9-16)19(28)12-14-4-2-1-3-5-14/h1-7,13,16H,8-12H2. The lowest BCUT2D eigenvalue weighted by atomic mass is 10.0. The number of fused-ring (bicyclic) bond motifs is 1. The minimum Gasteiger partial charge on any atom is -0.342 e. The van der Waals surface area contributed by atoms with Gasteiger partial charge in [-0.1, -0.05) is 35.5 Å². The molecule has 28 heavy (non-hydrogen) atoms. The van der Waals surface area contributed by atoms with Gasteiger partial charge in [-0.15, -0.1) is 5.10 Å². The highest BCUT2D eigenvalue weighted by Gasteiger charge is 2.31. The van der Waals surface area contributed by atoms with Crippen LogP contribution in [-0.4, -0.2) is 38.9 Å². The van der Waals surface area contributed by atoms with Gasteiger partial charge in [-0.3, -0.25) is 4.79 Å². The van der Waals surface area contributed by atoms with Crippen LogP contribution in [-0.2, 0) is 17.4 Å². The highest BCUT2D eigenvalue weighted by Crippen LogP contribution is 2.32. The number of alkyl halides is 3.